The molecule has 10 nitrogen and oxygen atoms in total. The van der Waals surface area contributed by atoms with Crippen LogP contribution in [0.1, 0.15) is 61.8 Å². The summed E-state index contributed by atoms with van der Waals surface area (Å²) >= 11 is 0. The molecule has 1 aliphatic heterocycles. The van der Waals surface area contributed by atoms with Crippen molar-refractivity contribution in [3.05, 3.63) is 59.2 Å². The lowest BCUT2D eigenvalue weighted by molar-refractivity contribution is -0.119. The number of fused-ring (bicyclic) bond motifs is 2. The number of nitrogens with two attached hydrogens (primary N) is 1. The number of hydrogen-bond acceptors (Lipinski definition) is 8. The van der Waals surface area contributed by atoms with Gasteiger partial charge in [-0.05, 0) is 45.4 Å². The molecule has 41 heavy (non-hydrogen) atoms. The Labute approximate surface area is 231 Å². The van der Waals surface area contributed by atoms with Gasteiger partial charge >= 0.3 is 0 Å². The fourth-order valence-electron chi connectivity index (χ4n) is 4.79. The van der Waals surface area contributed by atoms with Gasteiger partial charge in [0.15, 0.2) is 17.3 Å². The molecule has 1 aliphatic rings. The first kappa shape index (κ1) is 28.2. The van der Waals surface area contributed by atoms with E-state index in [0.717, 1.165) is 12.3 Å². The summed E-state index contributed by atoms with van der Waals surface area (Å²) in [5.74, 6) is -2.28. The van der Waals surface area contributed by atoms with Crippen molar-refractivity contribution in [2.45, 2.75) is 64.0 Å². The van der Waals surface area contributed by atoms with Gasteiger partial charge in [-0.25, -0.2) is 37.2 Å². The van der Waals surface area contributed by atoms with Crippen molar-refractivity contribution in [3.63, 3.8) is 0 Å². The maximum Gasteiger partial charge on any atom is 0.240 e. The summed E-state index contributed by atoms with van der Waals surface area (Å²) < 4.78 is 55.9. The minimum Gasteiger partial charge on any atom is -0.325 e. The highest BCUT2D eigenvalue weighted by Crippen LogP contribution is 2.40. The molecule has 5 heterocycles. The van der Waals surface area contributed by atoms with E-state index in [1.165, 1.54) is 29.9 Å². The lowest BCUT2D eigenvalue weighted by Gasteiger charge is -2.24. The first-order chi connectivity index (χ1) is 19.3. The van der Waals surface area contributed by atoms with Gasteiger partial charge in [0.1, 0.15) is 28.8 Å². The summed E-state index contributed by atoms with van der Waals surface area (Å²) in [6.07, 6.45) is -1.14. The van der Waals surface area contributed by atoms with Crippen molar-refractivity contribution < 1.29 is 27.2 Å². The van der Waals surface area contributed by atoms with Gasteiger partial charge in [-0.15, -0.1) is 0 Å². The van der Waals surface area contributed by atoms with E-state index in [9.17, 15) is 27.2 Å². The molecule has 4 aromatic heterocycles. The molecular weight excluding hydrogens is 544 g/mol. The summed E-state index contributed by atoms with van der Waals surface area (Å²) in [6, 6.07) is 3.83. The van der Waals surface area contributed by atoms with Gasteiger partial charge in [0, 0.05) is 30.1 Å². The van der Waals surface area contributed by atoms with E-state index in [0.29, 0.717) is 0 Å². The zero-order chi connectivity index (χ0) is 29.7. The molecule has 0 spiro atoms. The van der Waals surface area contributed by atoms with Gasteiger partial charge in [0.2, 0.25) is 12.3 Å². The molecule has 1 amide bonds. The summed E-state index contributed by atoms with van der Waals surface area (Å²) in [7, 11) is 0. The molecule has 1 unspecified atom stereocenters. The van der Waals surface area contributed by atoms with Crippen molar-refractivity contribution in [3.8, 4) is 11.5 Å². The smallest absolute Gasteiger partial charge is 0.240 e. The van der Waals surface area contributed by atoms with Crippen LogP contribution in [-0.2, 0) is 16.8 Å². The van der Waals surface area contributed by atoms with Crippen molar-refractivity contribution in [2.75, 3.05) is 5.32 Å². The molecule has 4 aromatic rings. The highest BCUT2D eigenvalue weighted by atomic mass is 19.3. The molecule has 214 valence electrons. The van der Waals surface area contributed by atoms with Crippen LogP contribution in [0, 0.1) is 11.6 Å². The Balaban J connectivity index is 1.62. The number of ketones is 1. The Morgan fingerprint density at radius 1 is 1.22 bits per heavy atom. The number of carbonyl (C=O) groups is 2. The van der Waals surface area contributed by atoms with Gasteiger partial charge < -0.3 is 11.1 Å². The van der Waals surface area contributed by atoms with Gasteiger partial charge in [0.05, 0.1) is 29.2 Å². The normalized spacial score (nSPS) is 15.7. The van der Waals surface area contributed by atoms with Crippen LogP contribution >= 0.6 is 0 Å². The number of carbonyl (C=O) groups excluding carboxylic acids is 2. The van der Waals surface area contributed by atoms with E-state index in [2.05, 4.69) is 30.4 Å². The second-order valence-corrected chi connectivity index (χ2v) is 10.8. The number of nitrogens with zero attached hydrogens (tertiary/aromatic N) is 6. The first-order valence-corrected chi connectivity index (χ1v) is 12.7. The largest absolute Gasteiger partial charge is 0.325 e. The minimum atomic E-state index is -2.65. The maximum absolute atomic E-state index is 14.4. The zero-order valence-electron chi connectivity index (χ0n) is 22.4. The van der Waals surface area contributed by atoms with Gasteiger partial charge in [0.25, 0.3) is 0 Å². The third kappa shape index (κ3) is 5.38. The fourth-order valence-corrected chi connectivity index (χ4v) is 4.79. The summed E-state index contributed by atoms with van der Waals surface area (Å²) in [5.41, 5.74) is 3.89. The summed E-state index contributed by atoms with van der Waals surface area (Å²) in [4.78, 5) is 43.3. The topological polar surface area (TPSA) is 142 Å². The fraction of sp³-hybridized carbons (Fsp3) is 0.370. The van der Waals surface area contributed by atoms with E-state index in [1.54, 1.807) is 13.8 Å². The monoisotopic (exact) mass is 570 g/mol. The number of rotatable bonds is 9. The van der Waals surface area contributed by atoms with Gasteiger partial charge in [-0.3, -0.25) is 14.6 Å². The number of Topliss-reactive ketones (excluding diaryl/α,β-unsaturated/α-hetero) is 1. The van der Waals surface area contributed by atoms with Crippen molar-refractivity contribution in [1.82, 2.24) is 29.7 Å². The molecule has 5 rings (SSSR count). The van der Waals surface area contributed by atoms with E-state index in [-0.39, 0.29) is 64.7 Å². The molecule has 0 radical (unpaired) electrons. The van der Waals surface area contributed by atoms with Gasteiger partial charge in [-0.2, -0.15) is 5.10 Å². The van der Waals surface area contributed by atoms with Crippen LogP contribution in [0.2, 0.25) is 0 Å². The number of halogens is 4. The van der Waals surface area contributed by atoms with Crippen molar-refractivity contribution in [1.29, 1.82) is 0 Å². The van der Waals surface area contributed by atoms with Crippen molar-refractivity contribution >= 4 is 28.5 Å². The van der Waals surface area contributed by atoms with E-state index in [4.69, 9.17) is 5.73 Å². The molecule has 3 N–H and O–H groups in total. The van der Waals surface area contributed by atoms with Crippen LogP contribution < -0.4 is 11.1 Å². The highest BCUT2D eigenvalue weighted by Gasteiger charge is 2.44. The predicted molar refractivity (Wildman–Crippen MR) is 140 cm³/mol. The Morgan fingerprint density at radius 2 is 1.98 bits per heavy atom. The second kappa shape index (κ2) is 10.3. The van der Waals surface area contributed by atoms with Crippen LogP contribution in [0.3, 0.4) is 0 Å². The Bertz CT molecular complexity index is 1690. The summed E-state index contributed by atoms with van der Waals surface area (Å²) in [6.45, 7) is 4.48. The predicted octanol–water partition coefficient (Wildman–Crippen LogP) is 4.18. The van der Waals surface area contributed by atoms with Crippen molar-refractivity contribution in [2.24, 2.45) is 5.73 Å². The number of amides is 1. The first-order valence-electron chi connectivity index (χ1n) is 12.7. The molecule has 0 aromatic carbocycles. The SMILES string of the molecule is CC(N)(CCC(=O)c1nc(-c2nn(Cc3ncccc3F)c3ncc(F)cc23)nc2c1C(C)(C)C(=O)N2)CC(F)F. The van der Waals surface area contributed by atoms with E-state index in [1.807, 2.05) is 0 Å². The summed E-state index contributed by atoms with van der Waals surface area (Å²) in [5, 5.41) is 7.30. The molecule has 0 bridgehead atoms. The molecule has 14 heteroatoms. The minimum absolute atomic E-state index is 0.0282. The third-order valence-corrected chi connectivity index (χ3v) is 7.04. The number of nitrogens with one attached hydrogen (secondary N) is 1. The lowest BCUT2D eigenvalue weighted by Crippen LogP contribution is -2.38. The highest BCUT2D eigenvalue weighted by molar-refractivity contribution is 6.09. The van der Waals surface area contributed by atoms with E-state index < -0.39 is 47.1 Å². The van der Waals surface area contributed by atoms with Crippen LogP contribution in [0.25, 0.3) is 22.6 Å². The van der Waals surface area contributed by atoms with E-state index >= 15 is 0 Å². The standard InChI is InChI=1S/C27H26F4N8O2/c1-26(2)19-21(17(40)6-7-27(3,32)10-18(30)31)35-23(36-22(19)37-25(26)41)20-14-9-13(28)11-34-24(14)39(38-20)12-16-15(29)5-4-8-33-16/h4-5,8-9,11,18H,6-7,10,12,32H2,1-3H3,(H,35,36,37,41). The maximum atomic E-state index is 14.4. The lowest BCUT2D eigenvalue weighted by atomic mass is 9.83. The number of alkyl halides is 2. The van der Waals surface area contributed by atoms with Crippen LogP contribution in [0.5, 0.6) is 0 Å². The number of hydrogen-bond donors (Lipinski definition) is 2. The number of anilines is 1. The quantitative estimate of drug-likeness (QED) is 0.226. The number of aromatic nitrogens is 6. The van der Waals surface area contributed by atoms with Gasteiger partial charge in [-0.1, -0.05) is 0 Å². The number of pyridine rings is 2. The third-order valence-electron chi connectivity index (χ3n) is 7.04. The molecular formula is C27H26F4N8O2. The van der Waals surface area contributed by atoms with Crippen LogP contribution in [0.4, 0.5) is 23.4 Å². The molecule has 0 aliphatic carbocycles. The molecule has 0 fully saturated rings. The Kier molecular flexibility index (Phi) is 7.05. The van der Waals surface area contributed by atoms with Crippen LogP contribution in [-0.4, -0.2) is 53.4 Å². The zero-order valence-corrected chi connectivity index (χ0v) is 22.4. The second-order valence-electron chi connectivity index (χ2n) is 10.8. The average molecular weight is 571 g/mol. The Morgan fingerprint density at radius 3 is 2.68 bits per heavy atom. The molecule has 0 saturated heterocycles. The molecule has 1 atom stereocenters. The average Bonchev–Trinajstić information content (AvgIpc) is 3.35. The Hall–Kier alpha value is -4.33. The molecule has 0 saturated carbocycles. The van der Waals surface area contributed by atoms with Crippen LogP contribution in [0.15, 0.2) is 30.6 Å².